The summed E-state index contributed by atoms with van der Waals surface area (Å²) in [4.78, 5) is 32.1. The number of carbonyl (C=O) groups excluding carboxylic acids is 2. The van der Waals surface area contributed by atoms with Gasteiger partial charge in [0.15, 0.2) is 0 Å². The average molecular weight is 353 g/mol. The van der Waals surface area contributed by atoms with E-state index in [9.17, 15) is 9.59 Å². The molecule has 3 rings (SSSR count). The number of rotatable bonds is 5. The van der Waals surface area contributed by atoms with E-state index in [-0.39, 0.29) is 18.5 Å². The number of aromatic nitrogens is 1. The van der Waals surface area contributed by atoms with Gasteiger partial charge >= 0.3 is 6.03 Å². The van der Waals surface area contributed by atoms with Crippen LogP contribution in [0, 0.1) is 0 Å². The second kappa shape index (κ2) is 8.96. The van der Waals surface area contributed by atoms with E-state index in [1.807, 2.05) is 18.2 Å². The molecule has 26 heavy (non-hydrogen) atoms. The summed E-state index contributed by atoms with van der Waals surface area (Å²) in [6.07, 6.45) is 3.20. The summed E-state index contributed by atoms with van der Waals surface area (Å²) >= 11 is 0. The van der Waals surface area contributed by atoms with Crippen molar-refractivity contribution in [2.75, 3.05) is 38.0 Å². The van der Waals surface area contributed by atoms with E-state index >= 15 is 0 Å². The zero-order chi connectivity index (χ0) is 18.2. The molecular weight excluding hydrogens is 330 g/mol. The summed E-state index contributed by atoms with van der Waals surface area (Å²) in [7, 11) is 0. The Kier molecular flexibility index (Phi) is 6.16. The normalized spacial score (nSPS) is 14.7. The van der Waals surface area contributed by atoms with Crippen molar-refractivity contribution < 1.29 is 9.59 Å². The number of carbonyl (C=O) groups is 2. The fourth-order valence-electron chi connectivity index (χ4n) is 2.86. The van der Waals surface area contributed by atoms with Crippen LogP contribution in [0.3, 0.4) is 0 Å². The van der Waals surface area contributed by atoms with Gasteiger partial charge in [0.25, 0.3) is 0 Å². The van der Waals surface area contributed by atoms with Crippen LogP contribution in [0.4, 0.5) is 10.5 Å². The molecule has 7 nitrogen and oxygen atoms in total. The van der Waals surface area contributed by atoms with Gasteiger partial charge in [0.1, 0.15) is 0 Å². The van der Waals surface area contributed by atoms with Crippen LogP contribution in [0.5, 0.6) is 0 Å². The molecule has 0 saturated carbocycles. The topological polar surface area (TPSA) is 77.6 Å². The molecule has 0 radical (unpaired) electrons. The second-order valence-corrected chi connectivity index (χ2v) is 6.19. The van der Waals surface area contributed by atoms with Crippen molar-refractivity contribution in [3.05, 3.63) is 60.4 Å². The Morgan fingerprint density at radius 1 is 0.962 bits per heavy atom. The number of pyridine rings is 1. The Labute approximate surface area is 153 Å². The molecule has 2 N–H and O–H groups in total. The molecule has 1 aliphatic heterocycles. The van der Waals surface area contributed by atoms with Crippen LogP contribution in [0.15, 0.2) is 54.9 Å². The molecule has 1 aromatic carbocycles. The predicted molar refractivity (Wildman–Crippen MR) is 99.6 cm³/mol. The number of benzene rings is 1. The summed E-state index contributed by atoms with van der Waals surface area (Å²) in [6, 6.07) is 13.5. The van der Waals surface area contributed by atoms with Gasteiger partial charge in [-0.2, -0.15) is 0 Å². The van der Waals surface area contributed by atoms with Crippen molar-refractivity contribution in [2.24, 2.45) is 0 Å². The predicted octanol–water partition coefficient (Wildman–Crippen LogP) is 1.55. The van der Waals surface area contributed by atoms with Crippen molar-refractivity contribution >= 4 is 17.6 Å². The summed E-state index contributed by atoms with van der Waals surface area (Å²) in [6.45, 7) is 3.81. The fourth-order valence-corrected chi connectivity index (χ4v) is 2.86. The SMILES string of the molecule is O=C(CNC(=O)N1CCN(Cc2ccccc2)CC1)Nc1ccncc1. The number of piperazine rings is 1. The zero-order valence-electron chi connectivity index (χ0n) is 14.6. The van der Waals surface area contributed by atoms with Crippen LogP contribution in [0.1, 0.15) is 5.56 Å². The molecule has 136 valence electrons. The van der Waals surface area contributed by atoms with E-state index < -0.39 is 0 Å². The Morgan fingerprint density at radius 2 is 1.65 bits per heavy atom. The molecule has 0 atom stereocenters. The first-order chi connectivity index (χ1) is 12.7. The maximum atomic E-state index is 12.2. The number of amides is 3. The lowest BCUT2D eigenvalue weighted by Crippen LogP contribution is -2.52. The first-order valence-corrected chi connectivity index (χ1v) is 8.69. The molecule has 7 heteroatoms. The standard InChI is InChI=1S/C19H23N5O2/c25-18(22-17-6-8-20-9-7-17)14-21-19(26)24-12-10-23(11-13-24)15-16-4-2-1-3-5-16/h1-9H,10-15H2,(H,21,26)(H,20,22,25). The van der Waals surface area contributed by atoms with Gasteiger partial charge in [-0.25, -0.2) is 4.79 Å². The van der Waals surface area contributed by atoms with Crippen molar-refractivity contribution in [1.29, 1.82) is 0 Å². The summed E-state index contributed by atoms with van der Waals surface area (Å²) in [5, 5.41) is 5.39. The maximum Gasteiger partial charge on any atom is 0.317 e. The molecule has 1 aliphatic rings. The third kappa shape index (κ3) is 5.29. The van der Waals surface area contributed by atoms with E-state index in [4.69, 9.17) is 0 Å². The smallest absolute Gasteiger partial charge is 0.317 e. The molecule has 3 amide bonds. The highest BCUT2D eigenvalue weighted by atomic mass is 16.2. The number of hydrogen-bond donors (Lipinski definition) is 2. The van der Waals surface area contributed by atoms with Crippen molar-refractivity contribution in [3.63, 3.8) is 0 Å². The van der Waals surface area contributed by atoms with Gasteiger partial charge in [0, 0.05) is 50.8 Å². The van der Waals surface area contributed by atoms with E-state index in [0.29, 0.717) is 18.8 Å². The van der Waals surface area contributed by atoms with E-state index in [2.05, 4.69) is 32.7 Å². The van der Waals surface area contributed by atoms with Gasteiger partial charge in [-0.1, -0.05) is 30.3 Å². The number of anilines is 1. The van der Waals surface area contributed by atoms with E-state index in [1.54, 1.807) is 29.4 Å². The molecule has 0 bridgehead atoms. The Hall–Kier alpha value is -2.93. The summed E-state index contributed by atoms with van der Waals surface area (Å²) < 4.78 is 0. The Morgan fingerprint density at radius 3 is 2.35 bits per heavy atom. The van der Waals surface area contributed by atoms with Crippen LogP contribution < -0.4 is 10.6 Å². The van der Waals surface area contributed by atoms with Crippen LogP contribution in [0.2, 0.25) is 0 Å². The highest BCUT2D eigenvalue weighted by molar-refractivity contribution is 5.94. The molecule has 0 unspecified atom stereocenters. The number of nitrogens with one attached hydrogen (secondary N) is 2. The number of nitrogens with zero attached hydrogens (tertiary/aromatic N) is 3. The van der Waals surface area contributed by atoms with Crippen molar-refractivity contribution in [2.45, 2.75) is 6.54 Å². The molecule has 1 fully saturated rings. The lowest BCUT2D eigenvalue weighted by molar-refractivity contribution is -0.115. The van der Waals surface area contributed by atoms with Crippen molar-refractivity contribution in [1.82, 2.24) is 20.1 Å². The van der Waals surface area contributed by atoms with Crippen LogP contribution >= 0.6 is 0 Å². The van der Waals surface area contributed by atoms with Gasteiger partial charge in [0.05, 0.1) is 6.54 Å². The maximum absolute atomic E-state index is 12.2. The highest BCUT2D eigenvalue weighted by Gasteiger charge is 2.21. The quantitative estimate of drug-likeness (QED) is 0.855. The summed E-state index contributed by atoms with van der Waals surface area (Å²) in [5.41, 5.74) is 1.94. The van der Waals surface area contributed by atoms with Gasteiger partial charge in [-0.15, -0.1) is 0 Å². The van der Waals surface area contributed by atoms with Gasteiger partial charge in [-0.05, 0) is 17.7 Å². The van der Waals surface area contributed by atoms with Crippen LogP contribution in [-0.2, 0) is 11.3 Å². The van der Waals surface area contributed by atoms with Gasteiger partial charge < -0.3 is 15.5 Å². The third-order valence-electron chi connectivity index (χ3n) is 4.27. The number of hydrogen-bond acceptors (Lipinski definition) is 4. The zero-order valence-corrected chi connectivity index (χ0v) is 14.6. The van der Waals surface area contributed by atoms with E-state index in [1.165, 1.54) is 5.56 Å². The minimum atomic E-state index is -0.257. The Bertz CT molecular complexity index is 715. The van der Waals surface area contributed by atoms with Gasteiger partial charge in [0.2, 0.25) is 5.91 Å². The fraction of sp³-hybridized carbons (Fsp3) is 0.316. The molecule has 0 spiro atoms. The molecule has 1 aromatic heterocycles. The lowest BCUT2D eigenvalue weighted by atomic mass is 10.2. The third-order valence-corrected chi connectivity index (χ3v) is 4.27. The first kappa shape index (κ1) is 17.9. The minimum absolute atomic E-state index is 0.0502. The lowest BCUT2D eigenvalue weighted by Gasteiger charge is -2.34. The number of urea groups is 1. The second-order valence-electron chi connectivity index (χ2n) is 6.19. The monoisotopic (exact) mass is 353 g/mol. The summed E-state index contributed by atoms with van der Waals surface area (Å²) in [5.74, 6) is -0.257. The average Bonchev–Trinajstić information content (AvgIpc) is 2.68. The van der Waals surface area contributed by atoms with E-state index in [0.717, 1.165) is 19.6 Å². The molecule has 0 aliphatic carbocycles. The first-order valence-electron chi connectivity index (χ1n) is 8.69. The highest BCUT2D eigenvalue weighted by Crippen LogP contribution is 2.08. The molecule has 2 heterocycles. The Balaban J connectivity index is 1.37. The molecular formula is C19H23N5O2. The molecule has 1 saturated heterocycles. The minimum Gasteiger partial charge on any atom is -0.329 e. The molecule has 2 aromatic rings. The largest absolute Gasteiger partial charge is 0.329 e. The van der Waals surface area contributed by atoms with Crippen LogP contribution in [0.25, 0.3) is 0 Å². The van der Waals surface area contributed by atoms with Crippen LogP contribution in [-0.4, -0.2) is 59.4 Å². The van der Waals surface area contributed by atoms with Crippen molar-refractivity contribution in [3.8, 4) is 0 Å². The van der Waals surface area contributed by atoms with Gasteiger partial charge in [-0.3, -0.25) is 14.7 Å².